The average Bonchev–Trinajstić information content (AvgIpc) is 3.62. The molecular weight excluding hydrogens is 431 g/mol. The number of halogens is 1. The van der Waals surface area contributed by atoms with Crippen molar-refractivity contribution >= 4 is 33.8 Å². The largest absolute Gasteiger partial charge is 0.397 e. The van der Waals surface area contributed by atoms with Crippen LogP contribution in [-0.4, -0.2) is 43.8 Å². The van der Waals surface area contributed by atoms with Gasteiger partial charge in [0.2, 0.25) is 0 Å². The summed E-state index contributed by atoms with van der Waals surface area (Å²) in [5.41, 5.74) is 15.7. The third-order valence-electron chi connectivity index (χ3n) is 6.98. The van der Waals surface area contributed by atoms with Gasteiger partial charge < -0.3 is 16.8 Å². The molecule has 2 aliphatic rings. The number of rotatable bonds is 4. The monoisotopic (exact) mass is 458 g/mol. The van der Waals surface area contributed by atoms with Crippen molar-refractivity contribution in [3.05, 3.63) is 53.9 Å². The van der Waals surface area contributed by atoms with Gasteiger partial charge in [0.15, 0.2) is 11.6 Å². The Kier molecular flexibility index (Phi) is 4.88. The van der Waals surface area contributed by atoms with Gasteiger partial charge in [-0.25, -0.2) is 9.37 Å². The van der Waals surface area contributed by atoms with Crippen LogP contribution < -0.4 is 16.8 Å². The maximum atomic E-state index is 15.2. The van der Waals surface area contributed by atoms with Crippen molar-refractivity contribution in [2.45, 2.75) is 38.8 Å². The first-order valence-electron chi connectivity index (χ1n) is 11.6. The van der Waals surface area contributed by atoms with Gasteiger partial charge in [-0.2, -0.15) is 5.10 Å². The summed E-state index contributed by atoms with van der Waals surface area (Å²) >= 11 is 0. The van der Waals surface area contributed by atoms with Gasteiger partial charge in [0.1, 0.15) is 5.82 Å². The molecule has 0 bridgehead atoms. The minimum absolute atomic E-state index is 0.0577. The summed E-state index contributed by atoms with van der Waals surface area (Å²) in [5.74, 6) is 0.885. The lowest BCUT2D eigenvalue weighted by atomic mass is 9.97. The molecule has 1 fully saturated rings. The molecule has 8 nitrogen and oxygen atoms in total. The van der Waals surface area contributed by atoms with Crippen LogP contribution in [0.4, 0.5) is 27.4 Å². The van der Waals surface area contributed by atoms with E-state index >= 15 is 4.39 Å². The number of pyridine rings is 2. The lowest BCUT2D eigenvalue weighted by Crippen LogP contribution is -2.29. The minimum Gasteiger partial charge on any atom is -0.397 e. The summed E-state index contributed by atoms with van der Waals surface area (Å²) in [6.07, 6.45) is 8.41. The molecule has 4 heterocycles. The molecule has 9 heteroatoms. The molecular formula is C25H27FN8. The Labute approximate surface area is 196 Å². The maximum Gasteiger partial charge on any atom is 0.154 e. The van der Waals surface area contributed by atoms with Crippen LogP contribution in [0.5, 0.6) is 0 Å². The second kappa shape index (κ2) is 7.95. The van der Waals surface area contributed by atoms with Gasteiger partial charge >= 0.3 is 0 Å². The Morgan fingerprint density at radius 1 is 1.00 bits per heavy atom. The predicted octanol–water partition coefficient (Wildman–Crippen LogP) is 3.87. The average molecular weight is 459 g/mol. The van der Waals surface area contributed by atoms with Crippen molar-refractivity contribution in [2.24, 2.45) is 0 Å². The first-order valence-corrected chi connectivity index (χ1v) is 11.6. The van der Waals surface area contributed by atoms with Gasteiger partial charge in [-0.15, -0.1) is 0 Å². The minimum atomic E-state index is -0.497. The molecule has 34 heavy (non-hydrogen) atoms. The van der Waals surface area contributed by atoms with Gasteiger partial charge in [-0.3, -0.25) is 14.6 Å². The molecule has 174 valence electrons. The predicted molar refractivity (Wildman–Crippen MR) is 132 cm³/mol. The molecule has 1 aromatic carbocycles. The van der Waals surface area contributed by atoms with Gasteiger partial charge in [0, 0.05) is 66.2 Å². The molecule has 0 amide bonds. The molecule has 4 aromatic rings. The molecule has 6 rings (SSSR count). The molecule has 1 saturated carbocycles. The zero-order valence-electron chi connectivity index (χ0n) is 19.1. The van der Waals surface area contributed by atoms with Crippen molar-refractivity contribution in [1.82, 2.24) is 24.6 Å². The Hall–Kier alpha value is -3.72. The molecule has 5 N–H and O–H groups in total. The van der Waals surface area contributed by atoms with E-state index in [1.54, 1.807) is 24.7 Å². The van der Waals surface area contributed by atoms with Crippen LogP contribution >= 0.6 is 0 Å². The van der Waals surface area contributed by atoms with E-state index < -0.39 is 5.82 Å². The number of benzene rings is 1. The highest BCUT2D eigenvalue weighted by Crippen LogP contribution is 2.36. The van der Waals surface area contributed by atoms with Crippen molar-refractivity contribution in [1.29, 1.82) is 0 Å². The summed E-state index contributed by atoms with van der Waals surface area (Å²) < 4.78 is 17.3. The summed E-state index contributed by atoms with van der Waals surface area (Å²) in [5, 5.41) is 9.39. The molecule has 1 aliphatic heterocycles. The number of hydrogen-bond donors (Lipinski definition) is 3. The second-order valence-corrected chi connectivity index (χ2v) is 9.23. The third-order valence-corrected chi connectivity index (χ3v) is 6.98. The van der Waals surface area contributed by atoms with Crippen LogP contribution in [0.1, 0.15) is 24.1 Å². The Morgan fingerprint density at radius 3 is 2.68 bits per heavy atom. The van der Waals surface area contributed by atoms with E-state index in [1.165, 1.54) is 18.5 Å². The highest BCUT2D eigenvalue weighted by atomic mass is 19.1. The quantitative estimate of drug-likeness (QED) is 0.398. The molecule has 0 atom stereocenters. The summed E-state index contributed by atoms with van der Waals surface area (Å²) in [4.78, 5) is 11.2. The number of aromatic nitrogens is 4. The van der Waals surface area contributed by atoms with E-state index in [4.69, 9.17) is 16.6 Å². The molecule has 3 aromatic heterocycles. The van der Waals surface area contributed by atoms with Crippen LogP contribution in [0.25, 0.3) is 21.9 Å². The second-order valence-electron chi connectivity index (χ2n) is 9.23. The topological polar surface area (TPSA) is 111 Å². The fraction of sp³-hybridized carbons (Fsp3) is 0.320. The van der Waals surface area contributed by atoms with Crippen LogP contribution in [0.2, 0.25) is 0 Å². The van der Waals surface area contributed by atoms with Crippen molar-refractivity contribution in [3.8, 4) is 11.1 Å². The highest BCUT2D eigenvalue weighted by Gasteiger charge is 2.30. The highest BCUT2D eigenvalue weighted by molar-refractivity contribution is 5.98. The fourth-order valence-electron chi connectivity index (χ4n) is 4.82. The van der Waals surface area contributed by atoms with Gasteiger partial charge in [0.05, 0.1) is 24.1 Å². The fourth-order valence-corrected chi connectivity index (χ4v) is 4.82. The number of anilines is 4. The lowest BCUT2D eigenvalue weighted by molar-refractivity contribution is 0.267. The maximum absolute atomic E-state index is 15.2. The normalized spacial score (nSPS) is 16.4. The van der Waals surface area contributed by atoms with E-state index in [-0.39, 0.29) is 5.69 Å². The van der Waals surface area contributed by atoms with E-state index in [2.05, 4.69) is 30.9 Å². The van der Waals surface area contributed by atoms with Crippen LogP contribution in [-0.2, 0) is 13.0 Å². The van der Waals surface area contributed by atoms with Crippen LogP contribution in [0.15, 0.2) is 36.8 Å². The number of nitrogen functional groups attached to an aromatic ring is 2. The van der Waals surface area contributed by atoms with Crippen LogP contribution in [0.3, 0.4) is 0 Å². The van der Waals surface area contributed by atoms with E-state index in [0.29, 0.717) is 28.0 Å². The summed E-state index contributed by atoms with van der Waals surface area (Å²) in [6, 6.07) is 6.50. The zero-order valence-corrected chi connectivity index (χ0v) is 19.1. The zero-order chi connectivity index (χ0) is 23.4. The molecule has 0 spiro atoms. The molecule has 0 saturated heterocycles. The number of nitrogens with one attached hydrogen (secondary N) is 1. The van der Waals surface area contributed by atoms with Gasteiger partial charge in [0.25, 0.3) is 0 Å². The number of hydrogen-bond acceptors (Lipinski definition) is 7. The van der Waals surface area contributed by atoms with E-state index in [0.717, 1.165) is 48.9 Å². The smallest absolute Gasteiger partial charge is 0.154 e. The molecule has 0 radical (unpaired) electrons. The number of nitrogens with zero attached hydrogens (tertiary/aromatic N) is 5. The summed E-state index contributed by atoms with van der Waals surface area (Å²) in [7, 11) is 0. The van der Waals surface area contributed by atoms with Gasteiger partial charge in [-0.1, -0.05) is 0 Å². The van der Waals surface area contributed by atoms with Crippen molar-refractivity contribution in [2.75, 3.05) is 29.9 Å². The van der Waals surface area contributed by atoms with Crippen molar-refractivity contribution < 1.29 is 4.39 Å². The van der Waals surface area contributed by atoms with E-state index in [9.17, 15) is 0 Å². The lowest BCUT2D eigenvalue weighted by Gasteiger charge is -2.18. The molecule has 0 unspecified atom stereocenters. The Balaban J connectivity index is 1.31. The van der Waals surface area contributed by atoms with Gasteiger partial charge in [-0.05, 0) is 42.8 Å². The molecule has 1 aliphatic carbocycles. The SMILES string of the molecule is Cc1c(N)cncc1-c1cc2cc(Nc3cc4n(n3)CCN(C3CC3)CC4)ncc2c(N)c1F. The first kappa shape index (κ1) is 20.9. The standard InChI is InChI=1S/C25H27FN8/c1-14-19(11-29-13-21(14)27)18-8-15-9-22(30-12-20(15)25(28)24(18)26)31-23-10-17-4-5-33(16-2-3-16)6-7-34(17)32-23/h8-13,16H,2-7,27-28H2,1H3,(H,30,31,32). The first-order chi connectivity index (χ1) is 16.5. The summed E-state index contributed by atoms with van der Waals surface area (Å²) in [6.45, 7) is 4.86. The number of fused-ring (bicyclic) bond motifs is 2. The third kappa shape index (κ3) is 3.62. The van der Waals surface area contributed by atoms with Crippen molar-refractivity contribution in [3.63, 3.8) is 0 Å². The Bertz CT molecular complexity index is 1380. The van der Waals surface area contributed by atoms with Crippen LogP contribution in [0, 0.1) is 12.7 Å². The Morgan fingerprint density at radius 2 is 1.85 bits per heavy atom. The number of nitrogens with two attached hydrogens (primary N) is 2. The van der Waals surface area contributed by atoms with E-state index in [1.807, 2.05) is 13.0 Å².